The second kappa shape index (κ2) is 5.25. The molecule has 4 nitrogen and oxygen atoms in total. The van der Waals surface area contributed by atoms with E-state index in [1.807, 2.05) is 36.4 Å². The van der Waals surface area contributed by atoms with Gasteiger partial charge in [0.15, 0.2) is 0 Å². The van der Waals surface area contributed by atoms with Crippen molar-refractivity contribution in [2.24, 2.45) is 0 Å². The monoisotopic (exact) mass is 279 g/mol. The zero-order valence-electron chi connectivity index (χ0n) is 11.4. The van der Waals surface area contributed by atoms with Gasteiger partial charge in [0, 0.05) is 11.5 Å². The zero-order chi connectivity index (χ0) is 14.8. The minimum atomic E-state index is -0.942. The number of aromatic nitrogens is 1. The topological polar surface area (TPSA) is 59.4 Å². The summed E-state index contributed by atoms with van der Waals surface area (Å²) >= 11 is 0. The van der Waals surface area contributed by atoms with E-state index >= 15 is 0 Å². The number of hydrogen-bond acceptors (Lipinski definition) is 3. The highest BCUT2D eigenvalue weighted by molar-refractivity contribution is 5.97. The summed E-state index contributed by atoms with van der Waals surface area (Å²) in [6.07, 6.45) is 0. The molecule has 0 saturated heterocycles. The predicted octanol–water partition coefficient (Wildman–Crippen LogP) is 3.61. The summed E-state index contributed by atoms with van der Waals surface area (Å²) in [7, 11) is 1.56. The molecule has 4 heteroatoms. The lowest BCUT2D eigenvalue weighted by Crippen LogP contribution is -1.96. The number of ether oxygens (including phenoxy) is 1. The third-order valence-electron chi connectivity index (χ3n) is 3.32. The Morgan fingerprint density at radius 3 is 2.67 bits per heavy atom. The van der Waals surface area contributed by atoms with Crippen molar-refractivity contribution in [2.75, 3.05) is 7.11 Å². The number of aromatic carboxylic acids is 1. The number of carbonyl (C=O) groups is 1. The molecular formula is C17H13NO3. The van der Waals surface area contributed by atoms with Crippen molar-refractivity contribution in [1.29, 1.82) is 0 Å². The average Bonchev–Trinajstić information content (AvgIpc) is 2.53. The molecule has 104 valence electrons. The van der Waals surface area contributed by atoms with Crippen LogP contribution in [-0.2, 0) is 0 Å². The van der Waals surface area contributed by atoms with Crippen LogP contribution in [-0.4, -0.2) is 23.2 Å². The highest BCUT2D eigenvalue weighted by Gasteiger charge is 2.10. The van der Waals surface area contributed by atoms with E-state index in [1.165, 1.54) is 0 Å². The van der Waals surface area contributed by atoms with Crippen molar-refractivity contribution < 1.29 is 14.6 Å². The Morgan fingerprint density at radius 2 is 1.90 bits per heavy atom. The molecule has 0 atom stereocenters. The molecule has 0 radical (unpaired) electrons. The molecule has 2 aromatic carbocycles. The van der Waals surface area contributed by atoms with Gasteiger partial charge in [-0.15, -0.1) is 0 Å². The molecule has 1 N–H and O–H groups in total. The Bertz CT molecular complexity index is 827. The standard InChI is InChI=1S/C17H13NO3/c1-21-16-10-14(13-7-2-3-8-15(13)18-16)11-5-4-6-12(9-11)17(19)20/h2-10H,1H3,(H,19,20). The summed E-state index contributed by atoms with van der Waals surface area (Å²) in [6, 6.07) is 16.4. The number of benzene rings is 2. The fraction of sp³-hybridized carbons (Fsp3) is 0.0588. The van der Waals surface area contributed by atoms with Gasteiger partial charge in [-0.25, -0.2) is 9.78 Å². The van der Waals surface area contributed by atoms with Gasteiger partial charge in [0.25, 0.3) is 0 Å². The quantitative estimate of drug-likeness (QED) is 0.795. The van der Waals surface area contributed by atoms with Crippen molar-refractivity contribution >= 4 is 16.9 Å². The number of pyridine rings is 1. The summed E-state index contributed by atoms with van der Waals surface area (Å²) < 4.78 is 5.23. The molecular weight excluding hydrogens is 266 g/mol. The third-order valence-corrected chi connectivity index (χ3v) is 3.32. The van der Waals surface area contributed by atoms with Crippen LogP contribution in [0.1, 0.15) is 10.4 Å². The van der Waals surface area contributed by atoms with Gasteiger partial charge in [-0.05, 0) is 29.3 Å². The fourth-order valence-corrected chi connectivity index (χ4v) is 2.31. The van der Waals surface area contributed by atoms with E-state index in [-0.39, 0.29) is 5.56 Å². The van der Waals surface area contributed by atoms with Crippen molar-refractivity contribution in [3.8, 4) is 17.0 Å². The second-order valence-corrected chi connectivity index (χ2v) is 4.62. The Labute approximate surface area is 121 Å². The number of methoxy groups -OCH3 is 1. The van der Waals surface area contributed by atoms with Gasteiger partial charge in [-0.3, -0.25) is 0 Å². The van der Waals surface area contributed by atoms with Gasteiger partial charge in [0.05, 0.1) is 18.2 Å². The zero-order valence-corrected chi connectivity index (χ0v) is 11.4. The number of carboxylic acid groups (broad SMARTS) is 1. The van der Waals surface area contributed by atoms with E-state index in [0.717, 1.165) is 22.0 Å². The van der Waals surface area contributed by atoms with Crippen molar-refractivity contribution in [2.45, 2.75) is 0 Å². The molecule has 0 fully saturated rings. The number of nitrogens with zero attached hydrogens (tertiary/aromatic N) is 1. The van der Waals surface area contributed by atoms with Crippen LogP contribution < -0.4 is 4.74 Å². The molecule has 3 rings (SSSR count). The molecule has 0 saturated carbocycles. The molecule has 1 heterocycles. The van der Waals surface area contributed by atoms with Crippen LogP contribution in [0.25, 0.3) is 22.0 Å². The first kappa shape index (κ1) is 13.1. The Balaban J connectivity index is 2.28. The van der Waals surface area contributed by atoms with E-state index in [0.29, 0.717) is 5.88 Å². The van der Waals surface area contributed by atoms with Gasteiger partial charge in [0.2, 0.25) is 5.88 Å². The molecule has 0 bridgehead atoms. The van der Waals surface area contributed by atoms with Crippen LogP contribution in [0.5, 0.6) is 5.88 Å². The fourth-order valence-electron chi connectivity index (χ4n) is 2.31. The lowest BCUT2D eigenvalue weighted by molar-refractivity contribution is 0.0697. The van der Waals surface area contributed by atoms with E-state index < -0.39 is 5.97 Å². The average molecular weight is 279 g/mol. The maximum absolute atomic E-state index is 11.1. The predicted molar refractivity (Wildman–Crippen MR) is 80.7 cm³/mol. The van der Waals surface area contributed by atoms with Crippen LogP contribution in [0, 0.1) is 0 Å². The summed E-state index contributed by atoms with van der Waals surface area (Å²) in [6.45, 7) is 0. The summed E-state index contributed by atoms with van der Waals surface area (Å²) in [5, 5.41) is 10.1. The molecule has 0 unspecified atom stereocenters. The summed E-state index contributed by atoms with van der Waals surface area (Å²) in [5.74, 6) is -0.438. The smallest absolute Gasteiger partial charge is 0.335 e. The molecule has 0 aliphatic heterocycles. The molecule has 1 aromatic heterocycles. The summed E-state index contributed by atoms with van der Waals surface area (Å²) in [4.78, 5) is 15.5. The normalized spacial score (nSPS) is 10.5. The van der Waals surface area contributed by atoms with Crippen LogP contribution >= 0.6 is 0 Å². The first-order valence-corrected chi connectivity index (χ1v) is 6.46. The van der Waals surface area contributed by atoms with E-state index in [1.54, 1.807) is 25.3 Å². The third kappa shape index (κ3) is 2.43. The minimum Gasteiger partial charge on any atom is -0.481 e. The van der Waals surface area contributed by atoms with Crippen molar-refractivity contribution in [3.05, 3.63) is 60.2 Å². The first-order valence-electron chi connectivity index (χ1n) is 6.46. The highest BCUT2D eigenvalue weighted by Crippen LogP contribution is 2.31. The van der Waals surface area contributed by atoms with Crippen LogP contribution in [0.15, 0.2) is 54.6 Å². The highest BCUT2D eigenvalue weighted by atomic mass is 16.5. The Morgan fingerprint density at radius 1 is 1.10 bits per heavy atom. The molecule has 21 heavy (non-hydrogen) atoms. The van der Waals surface area contributed by atoms with Crippen LogP contribution in [0.2, 0.25) is 0 Å². The van der Waals surface area contributed by atoms with Gasteiger partial charge in [0.1, 0.15) is 0 Å². The Hall–Kier alpha value is -2.88. The van der Waals surface area contributed by atoms with Gasteiger partial charge >= 0.3 is 5.97 Å². The largest absolute Gasteiger partial charge is 0.481 e. The second-order valence-electron chi connectivity index (χ2n) is 4.62. The Kier molecular flexibility index (Phi) is 3.28. The van der Waals surface area contributed by atoms with Gasteiger partial charge in [-0.2, -0.15) is 0 Å². The van der Waals surface area contributed by atoms with Crippen molar-refractivity contribution in [1.82, 2.24) is 4.98 Å². The number of hydrogen-bond donors (Lipinski definition) is 1. The first-order chi connectivity index (χ1) is 10.2. The molecule has 3 aromatic rings. The molecule has 0 aliphatic carbocycles. The van der Waals surface area contributed by atoms with Crippen LogP contribution in [0.3, 0.4) is 0 Å². The maximum Gasteiger partial charge on any atom is 0.335 e. The van der Waals surface area contributed by atoms with E-state index in [2.05, 4.69) is 4.98 Å². The lowest BCUT2D eigenvalue weighted by Gasteiger charge is -2.09. The maximum atomic E-state index is 11.1. The van der Waals surface area contributed by atoms with E-state index in [9.17, 15) is 4.79 Å². The van der Waals surface area contributed by atoms with Gasteiger partial charge < -0.3 is 9.84 Å². The lowest BCUT2D eigenvalue weighted by atomic mass is 9.99. The number of fused-ring (bicyclic) bond motifs is 1. The molecule has 0 amide bonds. The number of rotatable bonds is 3. The minimum absolute atomic E-state index is 0.257. The van der Waals surface area contributed by atoms with Gasteiger partial charge in [-0.1, -0.05) is 30.3 Å². The SMILES string of the molecule is COc1cc(-c2cccc(C(=O)O)c2)c2ccccc2n1. The van der Waals surface area contributed by atoms with Crippen molar-refractivity contribution in [3.63, 3.8) is 0 Å². The number of para-hydroxylation sites is 1. The molecule has 0 aliphatic rings. The number of carboxylic acids is 1. The van der Waals surface area contributed by atoms with Crippen LogP contribution in [0.4, 0.5) is 0 Å². The summed E-state index contributed by atoms with van der Waals surface area (Å²) in [5.41, 5.74) is 2.80. The molecule has 0 spiro atoms. The van der Waals surface area contributed by atoms with E-state index in [4.69, 9.17) is 9.84 Å².